The van der Waals surface area contributed by atoms with Crippen molar-refractivity contribution in [3.05, 3.63) is 60.9 Å². The number of hydrogen-bond acceptors (Lipinski definition) is 6. The van der Waals surface area contributed by atoms with Crippen molar-refractivity contribution in [2.24, 2.45) is 0 Å². The van der Waals surface area contributed by atoms with Gasteiger partial charge in [0, 0.05) is 30.1 Å². The van der Waals surface area contributed by atoms with Gasteiger partial charge < -0.3 is 15.4 Å². The number of nitrogens with zero attached hydrogens (tertiary/aromatic N) is 2. The molecule has 2 heterocycles. The lowest BCUT2D eigenvalue weighted by molar-refractivity contribution is -0.114. The predicted octanol–water partition coefficient (Wildman–Crippen LogP) is 5.07. The van der Waals surface area contributed by atoms with Gasteiger partial charge >= 0.3 is 0 Å². The first-order chi connectivity index (χ1) is 13.6. The molecule has 0 saturated heterocycles. The maximum Gasteiger partial charge on any atom is 0.221 e. The van der Waals surface area contributed by atoms with Gasteiger partial charge in [-0.2, -0.15) is 0 Å². The second-order valence-electron chi connectivity index (χ2n) is 6.20. The van der Waals surface area contributed by atoms with Crippen molar-refractivity contribution in [2.75, 3.05) is 17.7 Å². The van der Waals surface area contributed by atoms with Gasteiger partial charge in [-0.25, -0.2) is 4.98 Å². The molecule has 0 fully saturated rings. The predicted molar refractivity (Wildman–Crippen MR) is 113 cm³/mol. The number of rotatable bonds is 5. The molecule has 6 nitrogen and oxygen atoms in total. The number of pyridine rings is 1. The van der Waals surface area contributed by atoms with Crippen LogP contribution in [-0.4, -0.2) is 23.0 Å². The zero-order valence-corrected chi connectivity index (χ0v) is 16.2. The number of anilines is 3. The fraction of sp³-hybridized carbons (Fsp3) is 0.0952. The molecule has 2 aromatic carbocycles. The highest BCUT2D eigenvalue weighted by Gasteiger charge is 2.08. The summed E-state index contributed by atoms with van der Waals surface area (Å²) in [6, 6.07) is 15.6. The van der Waals surface area contributed by atoms with Crippen LogP contribution in [0.15, 0.2) is 60.9 Å². The van der Waals surface area contributed by atoms with E-state index in [2.05, 4.69) is 26.7 Å². The van der Waals surface area contributed by atoms with Crippen molar-refractivity contribution in [3.63, 3.8) is 0 Å². The van der Waals surface area contributed by atoms with E-state index in [1.165, 1.54) is 6.92 Å². The van der Waals surface area contributed by atoms with E-state index in [1.807, 2.05) is 48.7 Å². The zero-order chi connectivity index (χ0) is 19.5. The fourth-order valence-electron chi connectivity index (χ4n) is 2.85. The second-order valence-corrected chi connectivity index (χ2v) is 7.23. The van der Waals surface area contributed by atoms with E-state index in [0.717, 1.165) is 43.6 Å². The average molecular weight is 390 g/mol. The molecule has 2 N–H and O–H groups in total. The summed E-state index contributed by atoms with van der Waals surface area (Å²) in [5.41, 5.74) is 4.58. The van der Waals surface area contributed by atoms with Gasteiger partial charge in [0.15, 0.2) is 5.13 Å². The molecule has 0 aliphatic heterocycles. The molecule has 0 unspecified atom stereocenters. The van der Waals surface area contributed by atoms with Crippen molar-refractivity contribution in [3.8, 4) is 16.9 Å². The molecule has 1 amide bonds. The maximum atomic E-state index is 11.2. The van der Waals surface area contributed by atoms with Gasteiger partial charge in [0.1, 0.15) is 5.75 Å². The monoisotopic (exact) mass is 390 g/mol. The third kappa shape index (κ3) is 3.94. The summed E-state index contributed by atoms with van der Waals surface area (Å²) in [6.07, 6.45) is 3.50. The Balaban J connectivity index is 1.61. The van der Waals surface area contributed by atoms with Gasteiger partial charge in [0.05, 0.1) is 23.5 Å². The Kier molecular flexibility index (Phi) is 4.90. The first-order valence-electron chi connectivity index (χ1n) is 8.65. The largest absolute Gasteiger partial charge is 0.495 e. The molecule has 0 saturated carbocycles. The van der Waals surface area contributed by atoms with E-state index in [-0.39, 0.29) is 5.91 Å². The lowest BCUT2D eigenvalue weighted by Crippen LogP contribution is -2.05. The highest BCUT2D eigenvalue weighted by atomic mass is 32.1. The zero-order valence-electron chi connectivity index (χ0n) is 15.4. The summed E-state index contributed by atoms with van der Waals surface area (Å²) >= 11 is 1.57. The van der Waals surface area contributed by atoms with Crippen LogP contribution in [0, 0.1) is 0 Å². The van der Waals surface area contributed by atoms with Crippen LogP contribution in [0.4, 0.5) is 16.5 Å². The van der Waals surface area contributed by atoms with Crippen LogP contribution < -0.4 is 15.4 Å². The molecule has 7 heteroatoms. The van der Waals surface area contributed by atoms with Crippen molar-refractivity contribution in [1.82, 2.24) is 9.97 Å². The highest BCUT2D eigenvalue weighted by Crippen LogP contribution is 2.32. The molecule has 0 bridgehead atoms. The summed E-state index contributed by atoms with van der Waals surface area (Å²) < 4.78 is 6.33. The smallest absolute Gasteiger partial charge is 0.221 e. The third-order valence-electron chi connectivity index (χ3n) is 4.10. The molecular weight excluding hydrogens is 372 g/mol. The lowest BCUT2D eigenvalue weighted by atomic mass is 10.1. The highest BCUT2D eigenvalue weighted by molar-refractivity contribution is 7.22. The summed E-state index contributed by atoms with van der Waals surface area (Å²) in [7, 11) is 1.63. The number of fused-ring (bicyclic) bond motifs is 1. The number of amides is 1. The molecule has 28 heavy (non-hydrogen) atoms. The van der Waals surface area contributed by atoms with E-state index >= 15 is 0 Å². The minimum Gasteiger partial charge on any atom is -0.495 e. The molecule has 0 atom stereocenters. The number of aromatic nitrogens is 2. The standard InChI is InChI=1S/C21H18N4O2S/c1-13(26)23-16-4-3-5-17(10-16)24-21-25-19-7-6-14(9-20(19)28-21)15-8-18(27-2)12-22-11-15/h3-12H,1-2H3,(H,23,26)(H,24,25). The van der Waals surface area contributed by atoms with Gasteiger partial charge in [-0.3, -0.25) is 9.78 Å². The SMILES string of the molecule is COc1cncc(-c2ccc3nc(Nc4cccc(NC(C)=O)c4)sc3c2)c1. The second kappa shape index (κ2) is 7.66. The molecule has 4 aromatic rings. The number of carbonyl (C=O) groups is 1. The van der Waals surface area contributed by atoms with E-state index < -0.39 is 0 Å². The summed E-state index contributed by atoms with van der Waals surface area (Å²) in [5, 5.41) is 6.88. The van der Waals surface area contributed by atoms with Crippen LogP contribution in [0.5, 0.6) is 5.75 Å². The number of methoxy groups -OCH3 is 1. The summed E-state index contributed by atoms with van der Waals surface area (Å²) in [5.74, 6) is 0.625. The van der Waals surface area contributed by atoms with Crippen LogP contribution in [-0.2, 0) is 4.79 Å². The Morgan fingerprint density at radius 1 is 1.04 bits per heavy atom. The minimum absolute atomic E-state index is 0.100. The first kappa shape index (κ1) is 17.9. The summed E-state index contributed by atoms with van der Waals surface area (Å²) in [6.45, 7) is 1.49. The first-order valence-corrected chi connectivity index (χ1v) is 9.47. The van der Waals surface area contributed by atoms with Gasteiger partial charge in [-0.15, -0.1) is 0 Å². The Morgan fingerprint density at radius 2 is 1.89 bits per heavy atom. The quantitative estimate of drug-likeness (QED) is 0.498. The average Bonchev–Trinajstić information content (AvgIpc) is 3.09. The molecule has 0 aliphatic carbocycles. The van der Waals surface area contributed by atoms with Crippen molar-refractivity contribution >= 4 is 44.0 Å². The van der Waals surface area contributed by atoms with E-state index in [1.54, 1.807) is 24.6 Å². The Hall–Kier alpha value is -3.45. The van der Waals surface area contributed by atoms with E-state index in [0.29, 0.717) is 0 Å². The van der Waals surface area contributed by atoms with Gasteiger partial charge in [0.2, 0.25) is 5.91 Å². The van der Waals surface area contributed by atoms with E-state index in [9.17, 15) is 4.79 Å². The van der Waals surface area contributed by atoms with Gasteiger partial charge in [0.25, 0.3) is 0 Å². The van der Waals surface area contributed by atoms with Crippen LogP contribution >= 0.6 is 11.3 Å². The lowest BCUT2D eigenvalue weighted by Gasteiger charge is -2.06. The Morgan fingerprint density at radius 3 is 2.71 bits per heavy atom. The van der Waals surface area contributed by atoms with Crippen LogP contribution in [0.1, 0.15) is 6.92 Å². The van der Waals surface area contributed by atoms with Crippen LogP contribution in [0.2, 0.25) is 0 Å². The minimum atomic E-state index is -0.100. The summed E-state index contributed by atoms with van der Waals surface area (Å²) in [4.78, 5) is 20.1. The molecule has 4 rings (SSSR count). The number of carbonyl (C=O) groups excluding carboxylic acids is 1. The van der Waals surface area contributed by atoms with Crippen LogP contribution in [0.25, 0.3) is 21.3 Å². The van der Waals surface area contributed by atoms with Gasteiger partial charge in [-0.05, 0) is 42.0 Å². The van der Waals surface area contributed by atoms with Crippen molar-refractivity contribution in [1.29, 1.82) is 0 Å². The molecule has 0 radical (unpaired) electrons. The molecule has 0 aliphatic rings. The number of thiazole rings is 1. The van der Waals surface area contributed by atoms with Crippen LogP contribution in [0.3, 0.4) is 0 Å². The number of nitrogens with one attached hydrogen (secondary N) is 2. The Labute approximate surface area is 166 Å². The molecule has 0 spiro atoms. The maximum absolute atomic E-state index is 11.2. The van der Waals surface area contributed by atoms with E-state index in [4.69, 9.17) is 4.74 Å². The molecule has 2 aromatic heterocycles. The molecule has 140 valence electrons. The van der Waals surface area contributed by atoms with Crippen molar-refractivity contribution in [2.45, 2.75) is 6.92 Å². The fourth-order valence-corrected chi connectivity index (χ4v) is 3.77. The Bertz CT molecular complexity index is 1160. The normalized spacial score (nSPS) is 10.6. The van der Waals surface area contributed by atoms with Gasteiger partial charge in [-0.1, -0.05) is 23.5 Å². The molecular formula is C21H18N4O2S. The third-order valence-corrected chi connectivity index (χ3v) is 5.04. The topological polar surface area (TPSA) is 76.1 Å². The van der Waals surface area contributed by atoms with Crippen molar-refractivity contribution < 1.29 is 9.53 Å². The number of benzene rings is 2. The number of ether oxygens (including phenoxy) is 1. The number of hydrogen-bond donors (Lipinski definition) is 2.